The van der Waals surface area contributed by atoms with Crippen molar-refractivity contribution in [3.8, 4) is 0 Å². The first-order valence-corrected chi connectivity index (χ1v) is 6.94. The summed E-state index contributed by atoms with van der Waals surface area (Å²) in [6.45, 7) is 3.02. The molecule has 0 aliphatic carbocycles. The smallest absolute Gasteiger partial charge is 0.328 e. The van der Waals surface area contributed by atoms with Crippen molar-refractivity contribution >= 4 is 29.1 Å². The van der Waals surface area contributed by atoms with Crippen molar-refractivity contribution in [2.75, 3.05) is 16.8 Å². The second-order valence-corrected chi connectivity index (χ2v) is 5.02. The molecule has 2 heterocycles. The minimum absolute atomic E-state index is 0.494. The lowest BCUT2D eigenvalue weighted by atomic mass is 10.3. The Morgan fingerprint density at radius 2 is 2.15 bits per heavy atom. The summed E-state index contributed by atoms with van der Waals surface area (Å²) in [6, 6.07) is 10.0. The number of anilines is 2. The molecule has 0 amide bonds. The van der Waals surface area contributed by atoms with E-state index in [9.17, 15) is 0 Å². The predicted octanol–water partition coefficient (Wildman–Crippen LogP) is 2.81. The quantitative estimate of drug-likeness (QED) is 0.681. The topological polar surface area (TPSA) is 32.0 Å². The Labute approximate surface area is 123 Å². The van der Waals surface area contributed by atoms with Gasteiger partial charge in [0.1, 0.15) is 5.82 Å². The Bertz CT molecular complexity index is 681. The van der Waals surface area contributed by atoms with E-state index in [1.807, 2.05) is 36.0 Å². The summed E-state index contributed by atoms with van der Waals surface area (Å²) in [5, 5.41) is 3.92. The lowest BCUT2D eigenvalue weighted by Crippen LogP contribution is -2.33. The number of para-hydroxylation sites is 2. The van der Waals surface area contributed by atoms with E-state index in [4.69, 9.17) is 11.6 Å². The number of nitrogens with one attached hydrogen (secondary N) is 1. The van der Waals surface area contributed by atoms with Gasteiger partial charge in [0.05, 0.1) is 30.7 Å². The van der Waals surface area contributed by atoms with Crippen molar-refractivity contribution in [1.82, 2.24) is 4.98 Å². The first kappa shape index (κ1) is 12.9. The minimum atomic E-state index is 0.494. The summed E-state index contributed by atoms with van der Waals surface area (Å²) in [5.41, 5.74) is 2.30. The molecule has 1 aliphatic heterocycles. The second kappa shape index (κ2) is 5.13. The number of rotatable bonds is 2. The van der Waals surface area contributed by atoms with Crippen LogP contribution in [-0.2, 0) is 7.05 Å². The molecule has 102 valence electrons. The fourth-order valence-corrected chi connectivity index (χ4v) is 2.48. The van der Waals surface area contributed by atoms with Gasteiger partial charge in [-0.15, -0.1) is 0 Å². The van der Waals surface area contributed by atoms with Gasteiger partial charge in [-0.05, 0) is 35.6 Å². The minimum Gasteiger partial charge on any atom is -0.340 e. The van der Waals surface area contributed by atoms with Crippen LogP contribution in [0.25, 0.3) is 6.08 Å². The Hall–Kier alpha value is -2.07. The van der Waals surface area contributed by atoms with Crippen molar-refractivity contribution in [2.24, 2.45) is 7.05 Å². The van der Waals surface area contributed by atoms with E-state index < -0.39 is 0 Å². The molecule has 3 rings (SSSR count). The van der Waals surface area contributed by atoms with Crippen molar-refractivity contribution < 1.29 is 4.57 Å². The standard InChI is InChI=1S/C15H15ClN4/c1-3-20-12-7-5-4-6-11(12)17-15(20)10-14-18-13(16)8-9-19(14)2/h4-10H,3H2,1-2H3/p+1. The normalized spacial score (nSPS) is 15.3. The average Bonchev–Trinajstić information content (AvgIpc) is 2.80. The van der Waals surface area contributed by atoms with Gasteiger partial charge >= 0.3 is 5.82 Å². The number of halogens is 1. The van der Waals surface area contributed by atoms with E-state index in [0.717, 1.165) is 23.9 Å². The van der Waals surface area contributed by atoms with Gasteiger partial charge in [-0.25, -0.2) is 4.57 Å². The number of nitrogens with zero attached hydrogens (tertiary/aromatic N) is 3. The molecule has 0 fully saturated rings. The van der Waals surface area contributed by atoms with Crippen LogP contribution in [0.2, 0.25) is 5.15 Å². The molecule has 0 saturated heterocycles. The molecule has 0 radical (unpaired) electrons. The highest BCUT2D eigenvalue weighted by molar-refractivity contribution is 6.29. The van der Waals surface area contributed by atoms with E-state index in [1.165, 1.54) is 5.69 Å². The molecule has 2 aromatic rings. The highest BCUT2D eigenvalue weighted by Gasteiger charge is 2.23. The zero-order valence-electron chi connectivity index (χ0n) is 11.5. The van der Waals surface area contributed by atoms with Gasteiger partial charge in [-0.2, -0.15) is 0 Å². The summed E-state index contributed by atoms with van der Waals surface area (Å²) in [4.78, 5) is 6.57. The largest absolute Gasteiger partial charge is 0.340 e. The van der Waals surface area contributed by atoms with Gasteiger partial charge in [-0.3, -0.25) is 0 Å². The first-order chi connectivity index (χ1) is 9.69. The molecule has 0 unspecified atom stereocenters. The molecule has 0 saturated carbocycles. The van der Waals surface area contributed by atoms with Crippen molar-refractivity contribution in [3.05, 3.63) is 53.3 Å². The molecule has 20 heavy (non-hydrogen) atoms. The lowest BCUT2D eigenvalue weighted by molar-refractivity contribution is -0.676. The maximum absolute atomic E-state index is 5.97. The van der Waals surface area contributed by atoms with Crippen molar-refractivity contribution in [2.45, 2.75) is 6.92 Å². The molecule has 5 heteroatoms. The predicted molar refractivity (Wildman–Crippen MR) is 81.5 cm³/mol. The number of benzene rings is 1. The number of aryl methyl sites for hydroxylation is 1. The van der Waals surface area contributed by atoms with E-state index in [0.29, 0.717) is 5.15 Å². The highest BCUT2D eigenvalue weighted by atomic mass is 35.5. The van der Waals surface area contributed by atoms with Crippen molar-refractivity contribution in [3.63, 3.8) is 0 Å². The Morgan fingerprint density at radius 3 is 2.95 bits per heavy atom. The van der Waals surface area contributed by atoms with Crippen LogP contribution < -0.4 is 14.8 Å². The number of hydrogen-bond acceptors (Lipinski definition) is 3. The number of hydrogen-bond donors (Lipinski definition) is 1. The van der Waals surface area contributed by atoms with E-state index in [-0.39, 0.29) is 0 Å². The molecular weight excluding hydrogens is 272 g/mol. The Kier molecular flexibility index (Phi) is 3.32. The van der Waals surface area contributed by atoms with E-state index >= 15 is 0 Å². The maximum atomic E-state index is 5.97. The van der Waals surface area contributed by atoms with Crippen LogP contribution in [0, 0.1) is 0 Å². The third kappa shape index (κ3) is 2.23. The van der Waals surface area contributed by atoms with Crippen LogP contribution >= 0.6 is 11.6 Å². The third-order valence-corrected chi connectivity index (χ3v) is 3.56. The molecule has 0 atom stereocenters. The zero-order valence-corrected chi connectivity index (χ0v) is 12.2. The van der Waals surface area contributed by atoms with Crippen LogP contribution in [0.5, 0.6) is 0 Å². The Balaban J connectivity index is 2.03. The van der Waals surface area contributed by atoms with Gasteiger partial charge in [0.25, 0.3) is 0 Å². The molecule has 1 N–H and O–H groups in total. The number of fused-ring (bicyclic) bond motifs is 1. The molecular formula is C15H16ClN4+. The second-order valence-electron chi connectivity index (χ2n) is 4.64. The van der Waals surface area contributed by atoms with Gasteiger partial charge < -0.3 is 10.2 Å². The Morgan fingerprint density at radius 1 is 1.35 bits per heavy atom. The number of aromatic nitrogens is 2. The van der Waals surface area contributed by atoms with Crippen LogP contribution in [0.1, 0.15) is 12.7 Å². The van der Waals surface area contributed by atoms with Crippen LogP contribution in [0.4, 0.5) is 11.4 Å². The van der Waals surface area contributed by atoms with Gasteiger partial charge in [0.15, 0.2) is 0 Å². The van der Waals surface area contributed by atoms with E-state index in [1.54, 1.807) is 6.07 Å². The molecule has 1 aromatic carbocycles. The van der Waals surface area contributed by atoms with Gasteiger partial charge in [0.2, 0.25) is 5.15 Å². The highest BCUT2D eigenvalue weighted by Crippen LogP contribution is 2.36. The van der Waals surface area contributed by atoms with Gasteiger partial charge in [-0.1, -0.05) is 12.1 Å². The molecule has 0 spiro atoms. The lowest BCUT2D eigenvalue weighted by Gasteiger charge is -2.16. The monoisotopic (exact) mass is 287 g/mol. The van der Waals surface area contributed by atoms with Crippen LogP contribution in [0.3, 0.4) is 0 Å². The van der Waals surface area contributed by atoms with Crippen molar-refractivity contribution in [1.29, 1.82) is 0 Å². The fourth-order valence-electron chi connectivity index (χ4n) is 2.34. The maximum Gasteiger partial charge on any atom is 0.328 e. The van der Waals surface area contributed by atoms with Crippen LogP contribution in [0.15, 0.2) is 42.3 Å². The summed E-state index contributed by atoms with van der Waals surface area (Å²) in [7, 11) is 1.95. The van der Waals surface area contributed by atoms with Crippen LogP contribution in [-0.4, -0.2) is 11.5 Å². The summed E-state index contributed by atoms with van der Waals surface area (Å²) in [5.74, 6) is 1.82. The fraction of sp³-hybridized carbons (Fsp3) is 0.200. The third-order valence-electron chi connectivity index (χ3n) is 3.35. The first-order valence-electron chi connectivity index (χ1n) is 6.56. The molecule has 0 bridgehead atoms. The molecule has 1 aliphatic rings. The SMILES string of the molecule is CCN1C(=Cc2nc(Cl)cc[n+]2C)Nc2ccccc21. The molecule has 1 aromatic heterocycles. The van der Waals surface area contributed by atoms with Gasteiger partial charge in [0, 0.05) is 12.6 Å². The molecule has 4 nitrogen and oxygen atoms in total. The van der Waals surface area contributed by atoms with E-state index in [2.05, 4.69) is 34.3 Å². The summed E-state index contributed by atoms with van der Waals surface area (Å²) < 4.78 is 1.94. The summed E-state index contributed by atoms with van der Waals surface area (Å²) in [6.07, 6.45) is 3.91. The summed E-state index contributed by atoms with van der Waals surface area (Å²) >= 11 is 5.97. The average molecular weight is 288 g/mol. The zero-order chi connectivity index (χ0) is 14.1.